The van der Waals surface area contributed by atoms with Crippen LogP contribution in [-0.4, -0.2) is 8.42 Å². The number of benzene rings is 4. The maximum atomic E-state index is 3.34. The van der Waals surface area contributed by atoms with E-state index in [4.69, 9.17) is 0 Å². The van der Waals surface area contributed by atoms with Crippen molar-refractivity contribution in [1.29, 1.82) is 0 Å². The zero-order valence-electron chi connectivity index (χ0n) is 33.3. The van der Waals surface area contributed by atoms with Crippen LogP contribution in [0.5, 0.6) is 0 Å². The zero-order chi connectivity index (χ0) is 38.2. The summed E-state index contributed by atoms with van der Waals surface area (Å²) in [6.45, 7) is 17.9. The van der Waals surface area contributed by atoms with E-state index in [-0.39, 0.29) is 24.8 Å². The van der Waals surface area contributed by atoms with Crippen LogP contribution >= 0.6 is 0 Å². The van der Waals surface area contributed by atoms with E-state index in [1.54, 1.807) is 0 Å². The van der Waals surface area contributed by atoms with Crippen molar-refractivity contribution in [3.05, 3.63) is 168 Å². The molecule has 0 saturated carbocycles. The van der Waals surface area contributed by atoms with E-state index in [9.17, 15) is 0 Å². The summed E-state index contributed by atoms with van der Waals surface area (Å²) in [5.41, 5.74) is 5.85. The van der Waals surface area contributed by atoms with Crippen LogP contribution in [0.25, 0.3) is 43.1 Å². The maximum absolute atomic E-state index is 3.34. The Morgan fingerprint density at radius 1 is 0.333 bits per heavy atom. The minimum absolute atomic E-state index is 0. The fourth-order valence-electron chi connectivity index (χ4n) is 6.71. The molecule has 4 heteroatoms. The van der Waals surface area contributed by atoms with Gasteiger partial charge in [0, 0.05) is 0 Å². The normalized spacial score (nSPS) is 10.2. The van der Waals surface area contributed by atoms with Crippen molar-refractivity contribution in [1.82, 2.24) is 0 Å². The second kappa shape index (κ2) is 25.5. The molecule has 0 radical (unpaired) electrons. The van der Waals surface area contributed by atoms with Gasteiger partial charge >= 0.3 is 56.9 Å². The van der Waals surface area contributed by atoms with Crippen LogP contribution in [0.15, 0.2) is 146 Å². The SMILES string of the molecule is CC(C)c1c[cH-]c2ccccc12.CC(C)c1c[cH-]c2ccccc12.CC(C)c1c[cH-]c2ccccc12.CC(C)c1c[cH-]c2ccccc12.[CH2]=[Zr+2].[CH2]=[Zr+2].[Cl-].[Cl-]. The van der Waals surface area contributed by atoms with Crippen LogP contribution in [-0.2, 0) is 48.5 Å². The molecule has 0 amide bonds. The molecule has 0 atom stereocenters. The van der Waals surface area contributed by atoms with Gasteiger partial charge in [0.25, 0.3) is 0 Å². The molecule has 8 rings (SSSR count). The molecule has 8 aromatic carbocycles. The van der Waals surface area contributed by atoms with Gasteiger partial charge in [0.2, 0.25) is 0 Å². The predicted octanol–water partition coefficient (Wildman–Crippen LogP) is 8.67. The molecule has 0 fully saturated rings. The van der Waals surface area contributed by atoms with Crippen LogP contribution in [0, 0.1) is 0 Å². The summed E-state index contributed by atoms with van der Waals surface area (Å²) < 4.78 is 6.68. The Morgan fingerprint density at radius 2 is 0.500 bits per heavy atom. The number of halogens is 2. The molecule has 8 aromatic rings. The molecule has 0 N–H and O–H groups in total. The summed E-state index contributed by atoms with van der Waals surface area (Å²) in [6.07, 6.45) is 0. The van der Waals surface area contributed by atoms with Gasteiger partial charge in [0.15, 0.2) is 0 Å². The summed E-state index contributed by atoms with van der Waals surface area (Å²) in [5.74, 6) is 2.52. The molecular formula is C50H56Cl2Zr2-2. The predicted molar refractivity (Wildman–Crippen MR) is 229 cm³/mol. The van der Waals surface area contributed by atoms with Gasteiger partial charge in [-0.2, -0.15) is 22.3 Å². The average molecular weight is 910 g/mol. The maximum Gasteiger partial charge on any atom is -1.00 e. The zero-order valence-corrected chi connectivity index (χ0v) is 39.8. The van der Waals surface area contributed by atoms with Crippen LogP contribution in [0.3, 0.4) is 0 Å². The topological polar surface area (TPSA) is 0 Å². The van der Waals surface area contributed by atoms with E-state index in [2.05, 4.69) is 209 Å². The van der Waals surface area contributed by atoms with E-state index in [1.807, 2.05) is 0 Å². The molecule has 0 spiro atoms. The summed E-state index contributed by atoms with van der Waals surface area (Å²) in [7, 11) is 0. The molecule has 0 aliphatic heterocycles. The monoisotopic (exact) mass is 906 g/mol. The number of rotatable bonds is 4. The van der Waals surface area contributed by atoms with Crippen LogP contribution in [0.1, 0.15) is 101 Å². The third kappa shape index (κ3) is 13.3. The van der Waals surface area contributed by atoms with E-state index < -0.39 is 0 Å². The van der Waals surface area contributed by atoms with Crippen LogP contribution < -0.4 is 24.8 Å². The largest absolute Gasteiger partial charge is 1.00 e. The van der Waals surface area contributed by atoms with Crippen molar-refractivity contribution < 1.29 is 73.3 Å². The fraction of sp³-hybridized carbons (Fsp3) is 0.240. The Bertz CT molecular complexity index is 1890. The standard InChI is InChI=1S/4C12H13.2CH2.2ClH.2Zr/c4*1-9(2)11-8-7-10-5-3-4-6-12(10)11;;;;;;/h4*3-9H,1-2H3;2*1H2;2*1H;;/q4*-1;;;;;2*+2/p-2. The number of hydrogen-bond donors (Lipinski definition) is 0. The minimum Gasteiger partial charge on any atom is -1.00 e. The smallest absolute Gasteiger partial charge is 1.00 e. The summed E-state index contributed by atoms with van der Waals surface area (Å²) >= 11 is 2.60. The first-order valence-corrected chi connectivity index (χ1v) is 21.9. The summed E-state index contributed by atoms with van der Waals surface area (Å²) in [5, 5.41) is 11.1. The molecule has 54 heavy (non-hydrogen) atoms. The van der Waals surface area contributed by atoms with Crippen molar-refractivity contribution in [3.8, 4) is 0 Å². The van der Waals surface area contributed by atoms with Gasteiger partial charge in [-0.3, -0.25) is 0 Å². The van der Waals surface area contributed by atoms with Gasteiger partial charge in [-0.1, -0.05) is 103 Å². The van der Waals surface area contributed by atoms with Crippen molar-refractivity contribution in [2.45, 2.75) is 79.1 Å². The fourth-order valence-corrected chi connectivity index (χ4v) is 6.71. The van der Waals surface area contributed by atoms with E-state index in [0.717, 1.165) is 0 Å². The Labute approximate surface area is 368 Å². The Morgan fingerprint density at radius 3 is 0.667 bits per heavy atom. The first kappa shape index (κ1) is 49.4. The molecular weight excluding hydrogens is 854 g/mol. The van der Waals surface area contributed by atoms with Crippen LogP contribution in [0.2, 0.25) is 0 Å². The second-order valence-electron chi connectivity index (χ2n) is 14.1. The van der Waals surface area contributed by atoms with E-state index in [1.165, 1.54) is 114 Å². The Balaban J connectivity index is 0.000000345. The van der Waals surface area contributed by atoms with Gasteiger partial charge < -0.3 is 24.8 Å². The van der Waals surface area contributed by atoms with Gasteiger partial charge in [-0.15, -0.1) is 164 Å². The first-order chi connectivity index (χ1) is 25.2. The summed E-state index contributed by atoms with van der Waals surface area (Å²) in [4.78, 5) is 0. The number of fused-ring (bicyclic) bond motifs is 4. The molecule has 0 aliphatic rings. The summed E-state index contributed by atoms with van der Waals surface area (Å²) in [6, 6.07) is 52.0. The quantitative estimate of drug-likeness (QED) is 0.155. The number of hydrogen-bond acceptors (Lipinski definition) is 0. The Kier molecular flexibility index (Phi) is 23.4. The molecule has 280 valence electrons. The molecule has 0 nitrogen and oxygen atoms in total. The van der Waals surface area contributed by atoms with Gasteiger partial charge in [0.05, 0.1) is 0 Å². The van der Waals surface area contributed by atoms with E-state index >= 15 is 0 Å². The minimum atomic E-state index is 0. The molecule has 0 unspecified atom stereocenters. The van der Waals surface area contributed by atoms with Gasteiger partial charge in [-0.05, 0) is 0 Å². The van der Waals surface area contributed by atoms with Crippen molar-refractivity contribution >= 4 is 51.5 Å². The molecule has 0 heterocycles. The van der Waals surface area contributed by atoms with E-state index in [0.29, 0.717) is 23.7 Å². The molecule has 0 aliphatic carbocycles. The van der Waals surface area contributed by atoms with Crippen molar-refractivity contribution in [2.75, 3.05) is 0 Å². The third-order valence-corrected chi connectivity index (χ3v) is 9.35. The average Bonchev–Trinajstić information content (AvgIpc) is 3.98. The first-order valence-electron chi connectivity index (χ1n) is 18.4. The van der Waals surface area contributed by atoms with Crippen molar-refractivity contribution in [3.63, 3.8) is 0 Å². The van der Waals surface area contributed by atoms with Crippen LogP contribution in [0.4, 0.5) is 0 Å². The Hall–Kier alpha value is -2.59. The second-order valence-corrected chi connectivity index (χ2v) is 14.1. The van der Waals surface area contributed by atoms with Gasteiger partial charge in [-0.25, -0.2) is 0 Å². The van der Waals surface area contributed by atoms with Gasteiger partial charge in [0.1, 0.15) is 0 Å². The molecule has 0 saturated heterocycles. The third-order valence-electron chi connectivity index (χ3n) is 9.35. The van der Waals surface area contributed by atoms with Crippen molar-refractivity contribution in [2.24, 2.45) is 0 Å². The molecule has 0 aromatic heterocycles. The molecule has 0 bridgehead atoms.